The molecule has 1 saturated heterocycles. The number of rotatable bonds is 7. The molecule has 0 bridgehead atoms. The molecule has 2 aromatic rings. The Kier molecular flexibility index (Phi) is 6.55. The van der Waals surface area contributed by atoms with Crippen LogP contribution in [0.5, 0.6) is 5.75 Å². The molecular formula is C19H15F2N3O4S. The molecule has 0 aromatic heterocycles. The summed E-state index contributed by atoms with van der Waals surface area (Å²) in [5.74, 6) is -2.29. The number of amides is 1. The maximum absolute atomic E-state index is 13.2. The van der Waals surface area contributed by atoms with E-state index in [1.165, 1.54) is 18.3 Å². The standard InChI is InChI=1S/C19H15F2N3O4S/c20-13-5-12(6-14(21)7-13)10-28-15-3-1-11(2-4-15)9-22-24-19-23-18(27)16(29-19)8-17(25)26/h1-7,9,16H,8,10H2,(H,25,26)(H,23,24,27). The Hall–Kier alpha value is -3.27. The van der Waals surface area contributed by atoms with Gasteiger partial charge in [0.2, 0.25) is 5.91 Å². The van der Waals surface area contributed by atoms with Crippen molar-refractivity contribution in [3.63, 3.8) is 0 Å². The lowest BCUT2D eigenvalue weighted by Crippen LogP contribution is -2.26. The van der Waals surface area contributed by atoms with Crippen LogP contribution in [0.4, 0.5) is 8.78 Å². The first-order valence-corrected chi connectivity index (χ1v) is 9.25. The molecule has 1 aliphatic rings. The van der Waals surface area contributed by atoms with E-state index in [1.807, 2.05) is 0 Å². The molecule has 7 nitrogen and oxygen atoms in total. The number of carbonyl (C=O) groups is 2. The van der Waals surface area contributed by atoms with Gasteiger partial charge in [0.1, 0.15) is 29.2 Å². The molecule has 2 aromatic carbocycles. The summed E-state index contributed by atoms with van der Waals surface area (Å²) in [5, 5.41) is 18.5. The van der Waals surface area contributed by atoms with E-state index >= 15 is 0 Å². The number of nitrogens with zero attached hydrogens (tertiary/aromatic N) is 2. The molecule has 2 N–H and O–H groups in total. The number of ether oxygens (including phenoxy) is 1. The van der Waals surface area contributed by atoms with E-state index in [1.54, 1.807) is 24.3 Å². The molecule has 1 aliphatic heterocycles. The number of thioether (sulfide) groups is 1. The Bertz CT molecular complexity index is 960. The van der Waals surface area contributed by atoms with E-state index in [-0.39, 0.29) is 18.2 Å². The van der Waals surface area contributed by atoms with Crippen LogP contribution < -0.4 is 10.1 Å². The summed E-state index contributed by atoms with van der Waals surface area (Å²) < 4.78 is 31.8. The zero-order chi connectivity index (χ0) is 20.8. The molecule has 0 radical (unpaired) electrons. The van der Waals surface area contributed by atoms with Crippen molar-refractivity contribution in [1.29, 1.82) is 0 Å². The summed E-state index contributed by atoms with van der Waals surface area (Å²) >= 11 is 1.01. The van der Waals surface area contributed by atoms with Crippen LogP contribution in [0.3, 0.4) is 0 Å². The minimum Gasteiger partial charge on any atom is -0.489 e. The van der Waals surface area contributed by atoms with Crippen LogP contribution in [0.25, 0.3) is 0 Å². The third-order valence-electron chi connectivity index (χ3n) is 3.70. The van der Waals surface area contributed by atoms with Crippen LogP contribution in [-0.4, -0.2) is 33.6 Å². The number of hydrogen-bond donors (Lipinski definition) is 2. The predicted octanol–water partition coefficient (Wildman–Crippen LogP) is 2.94. The van der Waals surface area contributed by atoms with Gasteiger partial charge in [-0.15, -0.1) is 5.10 Å². The fraction of sp³-hybridized carbons (Fsp3) is 0.158. The average Bonchev–Trinajstić information content (AvgIpc) is 2.99. The molecule has 150 valence electrons. The lowest BCUT2D eigenvalue weighted by Gasteiger charge is -2.07. The van der Waals surface area contributed by atoms with Gasteiger partial charge in [-0.3, -0.25) is 9.59 Å². The first-order chi connectivity index (χ1) is 13.9. The number of hydrogen-bond acceptors (Lipinski definition) is 6. The second-order valence-electron chi connectivity index (χ2n) is 5.98. The fourth-order valence-electron chi connectivity index (χ4n) is 2.40. The highest BCUT2D eigenvalue weighted by Crippen LogP contribution is 2.22. The molecule has 0 aliphatic carbocycles. The maximum atomic E-state index is 13.2. The van der Waals surface area contributed by atoms with Crippen molar-refractivity contribution >= 4 is 35.0 Å². The van der Waals surface area contributed by atoms with E-state index in [0.717, 1.165) is 17.8 Å². The predicted molar refractivity (Wildman–Crippen MR) is 104 cm³/mol. The van der Waals surface area contributed by atoms with Crippen LogP contribution >= 0.6 is 11.8 Å². The normalized spacial score (nSPS) is 17.7. The summed E-state index contributed by atoms with van der Waals surface area (Å²) in [6, 6.07) is 9.94. The topological polar surface area (TPSA) is 100 Å². The molecular weight excluding hydrogens is 404 g/mol. The Labute approximate surface area is 168 Å². The van der Waals surface area contributed by atoms with Crippen LogP contribution in [-0.2, 0) is 16.2 Å². The quantitative estimate of drug-likeness (QED) is 0.531. The lowest BCUT2D eigenvalue weighted by molar-refractivity contribution is -0.138. The number of carbonyl (C=O) groups excluding carboxylic acids is 1. The van der Waals surface area contributed by atoms with Crippen molar-refractivity contribution < 1.29 is 28.2 Å². The number of carboxylic acid groups (broad SMARTS) is 1. The molecule has 0 saturated carbocycles. The monoisotopic (exact) mass is 419 g/mol. The van der Waals surface area contributed by atoms with Gasteiger partial charge in [-0.25, -0.2) is 8.78 Å². The van der Waals surface area contributed by atoms with Gasteiger partial charge in [0, 0.05) is 6.07 Å². The summed E-state index contributed by atoms with van der Waals surface area (Å²) in [5.41, 5.74) is 1.08. The van der Waals surface area contributed by atoms with Crippen molar-refractivity contribution in [2.75, 3.05) is 0 Å². The largest absolute Gasteiger partial charge is 0.489 e. The zero-order valence-corrected chi connectivity index (χ0v) is 15.7. The lowest BCUT2D eigenvalue weighted by atomic mass is 10.2. The third kappa shape index (κ3) is 6.11. The van der Waals surface area contributed by atoms with Crippen molar-refractivity contribution in [2.45, 2.75) is 18.3 Å². The van der Waals surface area contributed by atoms with Gasteiger partial charge < -0.3 is 15.2 Å². The molecule has 29 heavy (non-hydrogen) atoms. The minimum atomic E-state index is -1.06. The van der Waals surface area contributed by atoms with Gasteiger partial charge in [0.25, 0.3) is 0 Å². The average molecular weight is 419 g/mol. The summed E-state index contributed by atoms with van der Waals surface area (Å²) in [4.78, 5) is 22.3. The Balaban J connectivity index is 1.54. The number of amidine groups is 1. The first kappa shape index (κ1) is 20.5. The van der Waals surface area contributed by atoms with Gasteiger partial charge in [-0.2, -0.15) is 5.10 Å². The van der Waals surface area contributed by atoms with Crippen molar-refractivity contribution in [3.05, 3.63) is 65.2 Å². The van der Waals surface area contributed by atoms with E-state index in [2.05, 4.69) is 15.5 Å². The molecule has 1 heterocycles. The van der Waals surface area contributed by atoms with Crippen molar-refractivity contribution in [1.82, 2.24) is 5.32 Å². The van der Waals surface area contributed by atoms with Crippen LogP contribution in [0.1, 0.15) is 17.5 Å². The highest BCUT2D eigenvalue weighted by molar-refractivity contribution is 8.15. The van der Waals surface area contributed by atoms with Gasteiger partial charge >= 0.3 is 5.97 Å². The van der Waals surface area contributed by atoms with Crippen LogP contribution in [0.15, 0.2) is 52.7 Å². The van der Waals surface area contributed by atoms with Gasteiger partial charge in [-0.05, 0) is 47.5 Å². The first-order valence-electron chi connectivity index (χ1n) is 8.37. The SMILES string of the molecule is O=C(O)CC1SC(=NN=Cc2ccc(OCc3cc(F)cc(F)c3)cc2)NC1=O. The molecule has 1 unspecified atom stereocenters. The number of carboxylic acids is 1. The Morgan fingerprint density at radius 3 is 2.55 bits per heavy atom. The highest BCUT2D eigenvalue weighted by atomic mass is 32.2. The highest BCUT2D eigenvalue weighted by Gasteiger charge is 2.32. The Morgan fingerprint density at radius 2 is 1.90 bits per heavy atom. The molecule has 3 rings (SSSR count). The van der Waals surface area contributed by atoms with Crippen molar-refractivity contribution in [3.8, 4) is 5.75 Å². The molecule has 1 atom stereocenters. The molecule has 1 fully saturated rings. The number of nitrogens with one attached hydrogen (secondary N) is 1. The zero-order valence-electron chi connectivity index (χ0n) is 14.8. The second kappa shape index (κ2) is 9.28. The van der Waals surface area contributed by atoms with E-state index in [0.29, 0.717) is 16.9 Å². The van der Waals surface area contributed by atoms with Crippen molar-refractivity contribution in [2.24, 2.45) is 10.2 Å². The van der Waals surface area contributed by atoms with Gasteiger partial charge in [0.05, 0.1) is 12.6 Å². The summed E-state index contributed by atoms with van der Waals surface area (Å²) in [6.45, 7) is 0.0181. The summed E-state index contributed by atoms with van der Waals surface area (Å²) in [7, 11) is 0. The minimum absolute atomic E-state index is 0.0181. The third-order valence-corrected chi connectivity index (χ3v) is 4.77. The maximum Gasteiger partial charge on any atom is 0.305 e. The number of benzene rings is 2. The van der Waals surface area contributed by atoms with E-state index < -0.39 is 28.8 Å². The summed E-state index contributed by atoms with van der Waals surface area (Å²) in [6.07, 6.45) is 1.17. The van der Waals surface area contributed by atoms with E-state index in [9.17, 15) is 18.4 Å². The fourth-order valence-corrected chi connectivity index (χ4v) is 3.32. The van der Waals surface area contributed by atoms with Gasteiger partial charge in [0.15, 0.2) is 5.17 Å². The number of aliphatic carboxylic acids is 1. The smallest absolute Gasteiger partial charge is 0.305 e. The van der Waals surface area contributed by atoms with Crippen LogP contribution in [0.2, 0.25) is 0 Å². The molecule has 1 amide bonds. The van der Waals surface area contributed by atoms with Gasteiger partial charge in [-0.1, -0.05) is 11.8 Å². The number of halogens is 2. The molecule has 0 spiro atoms. The van der Waals surface area contributed by atoms with Crippen LogP contribution in [0, 0.1) is 11.6 Å². The molecule has 10 heteroatoms. The van der Waals surface area contributed by atoms with E-state index in [4.69, 9.17) is 9.84 Å². The Morgan fingerprint density at radius 1 is 1.21 bits per heavy atom. The second-order valence-corrected chi connectivity index (χ2v) is 7.17.